The van der Waals surface area contributed by atoms with Gasteiger partial charge in [-0.05, 0) is 18.2 Å². The van der Waals surface area contributed by atoms with Crippen LogP contribution < -0.4 is 4.74 Å². The number of hydrogen-bond donors (Lipinski definition) is 0. The first-order valence-corrected chi connectivity index (χ1v) is 7.58. The number of halogens is 4. The summed E-state index contributed by atoms with van der Waals surface area (Å²) in [6.07, 6.45) is 0.733. The van der Waals surface area contributed by atoms with Crippen LogP contribution in [0.25, 0.3) is 11.4 Å². The lowest BCUT2D eigenvalue weighted by Crippen LogP contribution is -2.31. The van der Waals surface area contributed by atoms with Crippen LogP contribution in [0.1, 0.15) is 12.8 Å². The zero-order chi connectivity index (χ0) is 17.5. The standard InChI is InChI=1S/C15H10Cl2F2N2O3/c1-23-14(22)15(4-5-15)24-13-10(19)11(17)20-12(21-13)7-2-3-8(16)9(18)6-7/h2-3,6H,4-5H2,1H3. The van der Waals surface area contributed by atoms with E-state index in [0.717, 1.165) is 6.07 Å². The molecule has 0 atom stereocenters. The second-order valence-electron chi connectivity index (χ2n) is 5.17. The number of carbonyl (C=O) groups excluding carboxylic acids is 1. The van der Waals surface area contributed by atoms with Gasteiger partial charge >= 0.3 is 5.97 Å². The molecule has 0 saturated heterocycles. The summed E-state index contributed by atoms with van der Waals surface area (Å²) in [6.45, 7) is 0. The maximum Gasteiger partial charge on any atom is 0.350 e. The molecule has 24 heavy (non-hydrogen) atoms. The second-order valence-corrected chi connectivity index (χ2v) is 5.94. The highest BCUT2D eigenvalue weighted by molar-refractivity contribution is 6.30. The Morgan fingerprint density at radius 2 is 1.96 bits per heavy atom. The molecule has 9 heteroatoms. The van der Waals surface area contributed by atoms with Crippen LogP contribution in [0, 0.1) is 11.6 Å². The third-order valence-electron chi connectivity index (χ3n) is 3.51. The number of carbonyl (C=O) groups is 1. The van der Waals surface area contributed by atoms with Crippen molar-refractivity contribution in [3.63, 3.8) is 0 Å². The Morgan fingerprint density at radius 3 is 2.54 bits per heavy atom. The number of methoxy groups -OCH3 is 1. The van der Waals surface area contributed by atoms with E-state index in [9.17, 15) is 13.6 Å². The minimum absolute atomic E-state index is 0.0624. The molecule has 1 aromatic carbocycles. The summed E-state index contributed by atoms with van der Waals surface area (Å²) in [6, 6.07) is 3.85. The number of rotatable bonds is 4. The van der Waals surface area contributed by atoms with Gasteiger partial charge in [0.15, 0.2) is 11.0 Å². The van der Waals surface area contributed by atoms with Crippen molar-refractivity contribution in [3.8, 4) is 17.3 Å². The predicted molar refractivity (Wildman–Crippen MR) is 82.0 cm³/mol. The largest absolute Gasteiger partial charge is 0.466 e. The number of nitrogens with zero attached hydrogens (tertiary/aromatic N) is 2. The first kappa shape index (κ1) is 16.9. The molecule has 0 aliphatic heterocycles. The Bertz CT molecular complexity index is 829. The van der Waals surface area contributed by atoms with Gasteiger partial charge in [0.2, 0.25) is 11.4 Å². The van der Waals surface area contributed by atoms with E-state index in [2.05, 4.69) is 14.7 Å². The van der Waals surface area contributed by atoms with Crippen molar-refractivity contribution in [2.24, 2.45) is 0 Å². The molecule has 0 N–H and O–H groups in total. The first-order chi connectivity index (χ1) is 11.4. The number of benzene rings is 1. The van der Waals surface area contributed by atoms with Gasteiger partial charge < -0.3 is 9.47 Å². The topological polar surface area (TPSA) is 61.3 Å². The molecule has 1 aliphatic rings. The molecular formula is C15H10Cl2F2N2O3. The smallest absolute Gasteiger partial charge is 0.350 e. The molecule has 0 radical (unpaired) electrons. The van der Waals surface area contributed by atoms with E-state index in [0.29, 0.717) is 12.8 Å². The van der Waals surface area contributed by atoms with Crippen LogP contribution in [0.3, 0.4) is 0 Å². The van der Waals surface area contributed by atoms with Crippen LogP contribution in [0.5, 0.6) is 5.88 Å². The fourth-order valence-corrected chi connectivity index (χ4v) is 2.34. The summed E-state index contributed by atoms with van der Waals surface area (Å²) < 4.78 is 37.8. The third kappa shape index (κ3) is 3.01. The first-order valence-electron chi connectivity index (χ1n) is 6.82. The Labute approximate surface area is 145 Å². The molecule has 126 valence electrons. The summed E-state index contributed by atoms with van der Waals surface area (Å²) in [4.78, 5) is 19.4. The van der Waals surface area contributed by atoms with Crippen molar-refractivity contribution in [1.82, 2.24) is 9.97 Å². The molecule has 1 fully saturated rings. The van der Waals surface area contributed by atoms with Crippen molar-refractivity contribution in [2.75, 3.05) is 7.11 Å². The summed E-state index contributed by atoms with van der Waals surface area (Å²) in [5.41, 5.74) is -1.04. The fraction of sp³-hybridized carbons (Fsp3) is 0.267. The zero-order valence-electron chi connectivity index (χ0n) is 12.3. The van der Waals surface area contributed by atoms with Gasteiger partial charge in [-0.2, -0.15) is 9.37 Å². The van der Waals surface area contributed by atoms with E-state index in [1.165, 1.54) is 19.2 Å². The van der Waals surface area contributed by atoms with E-state index < -0.39 is 34.2 Å². The molecule has 1 saturated carbocycles. The van der Waals surface area contributed by atoms with Crippen molar-refractivity contribution < 1.29 is 23.0 Å². The quantitative estimate of drug-likeness (QED) is 0.601. The number of ether oxygens (including phenoxy) is 2. The lowest BCUT2D eigenvalue weighted by atomic mass is 10.2. The maximum atomic E-state index is 14.1. The van der Waals surface area contributed by atoms with Crippen molar-refractivity contribution in [3.05, 3.63) is 40.0 Å². The van der Waals surface area contributed by atoms with Crippen molar-refractivity contribution in [1.29, 1.82) is 0 Å². The van der Waals surface area contributed by atoms with Gasteiger partial charge in [0, 0.05) is 18.4 Å². The molecule has 0 amide bonds. The summed E-state index contributed by atoms with van der Waals surface area (Å²) in [5, 5.41) is -0.586. The maximum absolute atomic E-state index is 14.1. The monoisotopic (exact) mass is 374 g/mol. The van der Waals surface area contributed by atoms with Gasteiger partial charge in [0.25, 0.3) is 5.88 Å². The Balaban J connectivity index is 2.00. The summed E-state index contributed by atoms with van der Waals surface area (Å²) in [7, 11) is 1.21. The lowest BCUT2D eigenvalue weighted by Gasteiger charge is -2.16. The van der Waals surface area contributed by atoms with Gasteiger partial charge in [0.1, 0.15) is 5.82 Å². The normalized spacial score (nSPS) is 15.0. The molecule has 0 spiro atoms. The zero-order valence-corrected chi connectivity index (χ0v) is 13.8. The van der Waals surface area contributed by atoms with Crippen LogP contribution in [0.2, 0.25) is 10.2 Å². The molecule has 1 heterocycles. The molecule has 0 bridgehead atoms. The van der Waals surface area contributed by atoms with Crippen molar-refractivity contribution >= 4 is 29.2 Å². The highest BCUT2D eigenvalue weighted by atomic mass is 35.5. The van der Waals surface area contributed by atoms with E-state index in [1.807, 2.05) is 0 Å². The van der Waals surface area contributed by atoms with Gasteiger partial charge in [-0.15, -0.1) is 0 Å². The van der Waals surface area contributed by atoms with Crippen LogP contribution >= 0.6 is 23.2 Å². The average molecular weight is 375 g/mol. The molecule has 0 unspecified atom stereocenters. The summed E-state index contributed by atoms with van der Waals surface area (Å²) >= 11 is 11.4. The Hall–Kier alpha value is -1.99. The van der Waals surface area contributed by atoms with Gasteiger partial charge in [-0.25, -0.2) is 14.2 Å². The highest BCUT2D eigenvalue weighted by Gasteiger charge is 2.55. The lowest BCUT2D eigenvalue weighted by molar-refractivity contribution is -0.151. The molecule has 3 rings (SSSR count). The minimum atomic E-state index is -1.27. The van der Waals surface area contributed by atoms with E-state index in [1.54, 1.807) is 0 Å². The fourth-order valence-electron chi connectivity index (χ4n) is 2.06. The van der Waals surface area contributed by atoms with Crippen LogP contribution in [-0.4, -0.2) is 28.6 Å². The highest BCUT2D eigenvalue weighted by Crippen LogP contribution is 2.42. The number of esters is 1. The SMILES string of the molecule is COC(=O)C1(Oc2nc(-c3ccc(Cl)c(F)c3)nc(Cl)c2F)CC1. The summed E-state index contributed by atoms with van der Waals surface area (Å²) in [5.74, 6) is -2.88. The van der Waals surface area contributed by atoms with Gasteiger partial charge in [-0.1, -0.05) is 23.2 Å². The van der Waals surface area contributed by atoms with Crippen LogP contribution in [-0.2, 0) is 9.53 Å². The molecule has 1 aromatic heterocycles. The van der Waals surface area contributed by atoms with Gasteiger partial charge in [-0.3, -0.25) is 0 Å². The third-order valence-corrected chi connectivity index (χ3v) is 4.07. The number of aromatic nitrogens is 2. The Kier molecular flexibility index (Phi) is 4.31. The predicted octanol–water partition coefficient (Wildman–Crippen LogP) is 3.81. The Morgan fingerprint density at radius 1 is 1.25 bits per heavy atom. The molecule has 2 aromatic rings. The molecule has 1 aliphatic carbocycles. The van der Waals surface area contributed by atoms with Gasteiger partial charge in [0.05, 0.1) is 12.1 Å². The van der Waals surface area contributed by atoms with Crippen LogP contribution in [0.4, 0.5) is 8.78 Å². The average Bonchev–Trinajstić information content (AvgIpc) is 3.34. The van der Waals surface area contributed by atoms with E-state index in [4.69, 9.17) is 27.9 Å². The van der Waals surface area contributed by atoms with E-state index in [-0.39, 0.29) is 16.4 Å². The number of hydrogen-bond acceptors (Lipinski definition) is 5. The van der Waals surface area contributed by atoms with Crippen molar-refractivity contribution in [2.45, 2.75) is 18.4 Å². The molecule has 5 nitrogen and oxygen atoms in total. The second kappa shape index (κ2) is 6.14. The van der Waals surface area contributed by atoms with Crippen LogP contribution in [0.15, 0.2) is 18.2 Å². The molecular weight excluding hydrogens is 365 g/mol. The minimum Gasteiger partial charge on any atom is -0.466 e. The van der Waals surface area contributed by atoms with E-state index >= 15 is 0 Å².